The summed E-state index contributed by atoms with van der Waals surface area (Å²) in [7, 11) is 0. The van der Waals surface area contributed by atoms with Crippen LogP contribution in [0.5, 0.6) is 0 Å². The van der Waals surface area contributed by atoms with Gasteiger partial charge in [-0.3, -0.25) is 4.79 Å². The van der Waals surface area contributed by atoms with E-state index in [1.165, 1.54) is 12.8 Å². The van der Waals surface area contributed by atoms with Gasteiger partial charge >= 0.3 is 0 Å². The third-order valence-electron chi connectivity index (χ3n) is 4.51. The average Bonchev–Trinajstić information content (AvgIpc) is 2.91. The summed E-state index contributed by atoms with van der Waals surface area (Å²) in [6, 6.07) is 0.361. The predicted octanol–water partition coefficient (Wildman–Crippen LogP) is 1.79. The van der Waals surface area contributed by atoms with Crippen LogP contribution in [0.25, 0.3) is 0 Å². The van der Waals surface area contributed by atoms with E-state index in [-0.39, 0.29) is 12.0 Å². The number of nitrogens with one attached hydrogen (secondary N) is 1. The van der Waals surface area contributed by atoms with E-state index in [0.717, 1.165) is 39.1 Å². The average molecular weight is 268 g/mol. The third-order valence-corrected chi connectivity index (χ3v) is 4.51. The fraction of sp³-hybridized carbons (Fsp3) is 0.933. The lowest BCUT2D eigenvalue weighted by atomic mass is 9.90. The van der Waals surface area contributed by atoms with E-state index < -0.39 is 0 Å². The van der Waals surface area contributed by atoms with Crippen LogP contribution in [-0.4, -0.2) is 49.2 Å². The SMILES string of the molecule is CCN(CC1CCCO1)C(=O)CC1NCCCC1C. The summed E-state index contributed by atoms with van der Waals surface area (Å²) >= 11 is 0. The molecule has 0 aromatic carbocycles. The molecule has 2 heterocycles. The van der Waals surface area contributed by atoms with Crippen LogP contribution >= 0.6 is 0 Å². The topological polar surface area (TPSA) is 41.6 Å². The summed E-state index contributed by atoms with van der Waals surface area (Å²) in [5, 5.41) is 3.49. The summed E-state index contributed by atoms with van der Waals surface area (Å²) < 4.78 is 5.64. The van der Waals surface area contributed by atoms with Gasteiger partial charge in [-0.05, 0) is 45.1 Å². The van der Waals surface area contributed by atoms with Crippen LogP contribution in [0, 0.1) is 5.92 Å². The first-order valence-electron chi connectivity index (χ1n) is 7.83. The molecule has 0 saturated carbocycles. The van der Waals surface area contributed by atoms with Gasteiger partial charge in [-0.2, -0.15) is 0 Å². The van der Waals surface area contributed by atoms with Crippen LogP contribution in [0.2, 0.25) is 0 Å². The van der Waals surface area contributed by atoms with Crippen molar-refractivity contribution < 1.29 is 9.53 Å². The first kappa shape index (κ1) is 14.8. The smallest absolute Gasteiger partial charge is 0.224 e. The predicted molar refractivity (Wildman–Crippen MR) is 76.0 cm³/mol. The second kappa shape index (κ2) is 7.25. The number of amides is 1. The monoisotopic (exact) mass is 268 g/mol. The van der Waals surface area contributed by atoms with Gasteiger partial charge in [0.1, 0.15) is 0 Å². The molecule has 4 nitrogen and oxygen atoms in total. The fourth-order valence-corrected chi connectivity index (χ4v) is 3.15. The number of rotatable bonds is 5. The summed E-state index contributed by atoms with van der Waals surface area (Å²) in [6.07, 6.45) is 5.61. The van der Waals surface area contributed by atoms with Gasteiger partial charge in [-0.1, -0.05) is 6.92 Å². The number of likely N-dealkylation sites (N-methyl/N-ethyl adjacent to an activating group) is 1. The van der Waals surface area contributed by atoms with Gasteiger partial charge in [0.05, 0.1) is 6.10 Å². The molecule has 2 aliphatic rings. The van der Waals surface area contributed by atoms with E-state index in [1.54, 1.807) is 0 Å². The third kappa shape index (κ3) is 4.18. The highest BCUT2D eigenvalue weighted by Crippen LogP contribution is 2.19. The van der Waals surface area contributed by atoms with Crippen LogP contribution in [0.15, 0.2) is 0 Å². The standard InChI is InChI=1S/C15H28N2O2/c1-3-17(11-13-7-5-9-19-13)15(18)10-14-12(2)6-4-8-16-14/h12-14,16H,3-11H2,1-2H3. The Hall–Kier alpha value is -0.610. The first-order valence-corrected chi connectivity index (χ1v) is 7.83. The number of ether oxygens (including phenoxy) is 1. The summed E-state index contributed by atoms with van der Waals surface area (Å²) in [4.78, 5) is 14.4. The fourth-order valence-electron chi connectivity index (χ4n) is 3.15. The van der Waals surface area contributed by atoms with Gasteiger partial charge in [0.15, 0.2) is 0 Å². The molecule has 2 saturated heterocycles. The van der Waals surface area contributed by atoms with Crippen LogP contribution in [0.3, 0.4) is 0 Å². The van der Waals surface area contributed by atoms with Crippen molar-refractivity contribution in [3.63, 3.8) is 0 Å². The molecule has 4 heteroatoms. The maximum Gasteiger partial charge on any atom is 0.224 e. The molecule has 2 aliphatic heterocycles. The van der Waals surface area contributed by atoms with Gasteiger partial charge in [0, 0.05) is 32.2 Å². The zero-order valence-electron chi connectivity index (χ0n) is 12.4. The Bertz CT molecular complexity index is 290. The minimum Gasteiger partial charge on any atom is -0.376 e. The number of carbonyl (C=O) groups excluding carboxylic acids is 1. The molecule has 0 bridgehead atoms. The Morgan fingerprint density at radius 1 is 1.37 bits per heavy atom. The maximum atomic E-state index is 12.4. The minimum absolute atomic E-state index is 0.264. The van der Waals surface area contributed by atoms with E-state index in [0.29, 0.717) is 18.4 Å². The molecule has 0 spiro atoms. The number of piperidine rings is 1. The molecule has 2 rings (SSSR count). The second-order valence-corrected chi connectivity index (χ2v) is 5.95. The largest absolute Gasteiger partial charge is 0.376 e. The van der Waals surface area contributed by atoms with Gasteiger partial charge in [0.25, 0.3) is 0 Å². The molecule has 0 aliphatic carbocycles. The maximum absolute atomic E-state index is 12.4. The lowest BCUT2D eigenvalue weighted by Crippen LogP contribution is -2.45. The van der Waals surface area contributed by atoms with E-state index in [4.69, 9.17) is 4.74 Å². The molecule has 3 atom stereocenters. The van der Waals surface area contributed by atoms with Gasteiger partial charge in [-0.15, -0.1) is 0 Å². The van der Waals surface area contributed by atoms with Crippen LogP contribution in [0.1, 0.15) is 46.0 Å². The molecule has 0 radical (unpaired) electrons. The Balaban J connectivity index is 1.81. The zero-order chi connectivity index (χ0) is 13.7. The van der Waals surface area contributed by atoms with Crippen molar-refractivity contribution in [2.75, 3.05) is 26.2 Å². The van der Waals surface area contributed by atoms with Gasteiger partial charge in [-0.25, -0.2) is 0 Å². The van der Waals surface area contributed by atoms with E-state index in [2.05, 4.69) is 19.2 Å². The van der Waals surface area contributed by atoms with E-state index in [9.17, 15) is 4.79 Å². The highest BCUT2D eigenvalue weighted by molar-refractivity contribution is 5.76. The molecule has 0 aromatic rings. The van der Waals surface area contributed by atoms with Crippen LogP contribution in [-0.2, 0) is 9.53 Å². The lowest BCUT2D eigenvalue weighted by molar-refractivity contribution is -0.133. The van der Waals surface area contributed by atoms with Crippen molar-refractivity contribution >= 4 is 5.91 Å². The van der Waals surface area contributed by atoms with Crippen LogP contribution in [0.4, 0.5) is 0 Å². The highest BCUT2D eigenvalue weighted by Gasteiger charge is 2.27. The van der Waals surface area contributed by atoms with Crippen molar-refractivity contribution in [1.82, 2.24) is 10.2 Å². The highest BCUT2D eigenvalue weighted by atomic mass is 16.5. The van der Waals surface area contributed by atoms with Crippen molar-refractivity contribution in [1.29, 1.82) is 0 Å². The molecule has 19 heavy (non-hydrogen) atoms. The zero-order valence-corrected chi connectivity index (χ0v) is 12.4. The number of hydrogen-bond acceptors (Lipinski definition) is 3. The Kier molecular flexibility index (Phi) is 5.64. The molecule has 2 fully saturated rings. The van der Waals surface area contributed by atoms with Crippen molar-refractivity contribution in [2.24, 2.45) is 5.92 Å². The molecule has 110 valence electrons. The lowest BCUT2D eigenvalue weighted by Gasteiger charge is -2.32. The summed E-state index contributed by atoms with van der Waals surface area (Å²) in [5.41, 5.74) is 0. The van der Waals surface area contributed by atoms with E-state index >= 15 is 0 Å². The second-order valence-electron chi connectivity index (χ2n) is 5.95. The quantitative estimate of drug-likeness (QED) is 0.826. The molecule has 0 aromatic heterocycles. The minimum atomic E-state index is 0.264. The number of nitrogens with zero attached hydrogens (tertiary/aromatic N) is 1. The van der Waals surface area contributed by atoms with Gasteiger partial charge in [0.2, 0.25) is 5.91 Å². The number of carbonyl (C=O) groups is 1. The normalized spacial score (nSPS) is 31.4. The van der Waals surface area contributed by atoms with Crippen molar-refractivity contribution in [3.05, 3.63) is 0 Å². The Morgan fingerprint density at radius 2 is 2.21 bits per heavy atom. The number of hydrogen-bond donors (Lipinski definition) is 1. The first-order chi connectivity index (χ1) is 9.20. The Morgan fingerprint density at radius 3 is 2.84 bits per heavy atom. The Labute approximate surface area is 116 Å². The summed E-state index contributed by atoms with van der Waals surface area (Å²) in [6.45, 7) is 7.79. The van der Waals surface area contributed by atoms with Gasteiger partial charge < -0.3 is 15.0 Å². The van der Waals surface area contributed by atoms with Crippen molar-refractivity contribution in [2.45, 2.75) is 58.1 Å². The molecule has 1 N–H and O–H groups in total. The molecular weight excluding hydrogens is 240 g/mol. The van der Waals surface area contributed by atoms with E-state index in [1.807, 2.05) is 4.90 Å². The summed E-state index contributed by atoms with van der Waals surface area (Å²) in [5.74, 6) is 0.892. The molecular formula is C15H28N2O2. The molecule has 1 amide bonds. The van der Waals surface area contributed by atoms with Crippen LogP contribution < -0.4 is 5.32 Å². The van der Waals surface area contributed by atoms with Crippen molar-refractivity contribution in [3.8, 4) is 0 Å². The molecule has 3 unspecified atom stereocenters.